The summed E-state index contributed by atoms with van der Waals surface area (Å²) in [6.07, 6.45) is 0. The fourth-order valence-corrected chi connectivity index (χ4v) is 6.08. The summed E-state index contributed by atoms with van der Waals surface area (Å²) in [5.41, 5.74) is 0.0439. The van der Waals surface area contributed by atoms with Crippen molar-refractivity contribution in [3.8, 4) is 0 Å². The molecular weight excluding hydrogens is 432 g/mol. The van der Waals surface area contributed by atoms with Gasteiger partial charge in [-0.05, 0) is 35.1 Å². The standard InChI is InChI=1S/C20H25ClN2O4S2/c1-20(2,3)18(16-5-4-12-28-16)22-19(24)14-6-7-15(21)17(13-14)29(25,26)23-8-10-27-11-9-23/h4-7,12-13,18H,8-11H2,1-3H3,(H,22,24). The number of amides is 1. The number of carbonyl (C=O) groups excluding carboxylic acids is 1. The van der Waals surface area contributed by atoms with Crippen molar-refractivity contribution in [1.29, 1.82) is 0 Å². The van der Waals surface area contributed by atoms with Gasteiger partial charge >= 0.3 is 0 Å². The third kappa shape index (κ3) is 5.00. The highest BCUT2D eigenvalue weighted by Crippen LogP contribution is 2.35. The van der Waals surface area contributed by atoms with Crippen molar-refractivity contribution >= 4 is 38.9 Å². The van der Waals surface area contributed by atoms with Gasteiger partial charge in [-0.1, -0.05) is 38.4 Å². The predicted molar refractivity (Wildman–Crippen MR) is 115 cm³/mol. The van der Waals surface area contributed by atoms with E-state index in [0.717, 1.165) is 4.88 Å². The Morgan fingerprint density at radius 1 is 1.24 bits per heavy atom. The fourth-order valence-electron chi connectivity index (χ4n) is 3.15. The van der Waals surface area contributed by atoms with E-state index in [2.05, 4.69) is 5.32 Å². The first kappa shape index (κ1) is 22.2. The Labute approximate surface area is 180 Å². The first-order valence-corrected chi connectivity index (χ1v) is 12.0. The molecule has 3 rings (SSSR count). The molecule has 158 valence electrons. The van der Waals surface area contributed by atoms with Crippen molar-refractivity contribution in [3.63, 3.8) is 0 Å². The van der Waals surface area contributed by atoms with E-state index >= 15 is 0 Å². The van der Waals surface area contributed by atoms with Crippen LogP contribution >= 0.6 is 22.9 Å². The Bertz CT molecular complexity index is 963. The van der Waals surface area contributed by atoms with Gasteiger partial charge in [0, 0.05) is 23.5 Å². The number of nitrogens with one attached hydrogen (secondary N) is 1. The summed E-state index contributed by atoms with van der Waals surface area (Å²) in [7, 11) is -3.81. The number of rotatable bonds is 5. The minimum absolute atomic E-state index is 0.0582. The summed E-state index contributed by atoms with van der Waals surface area (Å²) >= 11 is 7.77. The van der Waals surface area contributed by atoms with E-state index in [1.165, 1.54) is 16.4 Å². The van der Waals surface area contributed by atoms with Crippen LogP contribution in [0.2, 0.25) is 5.02 Å². The SMILES string of the molecule is CC(C)(C)C(NC(=O)c1ccc(Cl)c(S(=O)(=O)N2CCOCC2)c1)c1cccs1. The molecule has 1 unspecified atom stereocenters. The number of carbonyl (C=O) groups is 1. The maximum absolute atomic E-state index is 13.0. The lowest BCUT2D eigenvalue weighted by Gasteiger charge is -2.31. The summed E-state index contributed by atoms with van der Waals surface area (Å²) in [6.45, 7) is 7.35. The van der Waals surface area contributed by atoms with E-state index in [1.54, 1.807) is 17.4 Å². The van der Waals surface area contributed by atoms with E-state index < -0.39 is 10.0 Å². The van der Waals surface area contributed by atoms with Gasteiger partial charge in [0.05, 0.1) is 24.3 Å². The first-order chi connectivity index (χ1) is 13.6. The molecule has 1 aromatic carbocycles. The van der Waals surface area contributed by atoms with Crippen molar-refractivity contribution in [1.82, 2.24) is 9.62 Å². The van der Waals surface area contributed by atoms with Crippen molar-refractivity contribution in [2.24, 2.45) is 5.41 Å². The third-order valence-corrected chi connectivity index (χ3v) is 8.07. The van der Waals surface area contributed by atoms with E-state index in [4.69, 9.17) is 16.3 Å². The minimum Gasteiger partial charge on any atom is -0.379 e. The molecule has 1 amide bonds. The van der Waals surface area contributed by atoms with E-state index in [9.17, 15) is 13.2 Å². The molecule has 0 bridgehead atoms. The first-order valence-electron chi connectivity index (χ1n) is 9.32. The average Bonchev–Trinajstić information content (AvgIpc) is 3.20. The van der Waals surface area contributed by atoms with Crippen LogP contribution in [-0.4, -0.2) is 44.9 Å². The molecule has 0 radical (unpaired) electrons. The number of sulfonamides is 1. The number of halogens is 1. The fraction of sp³-hybridized carbons (Fsp3) is 0.450. The van der Waals surface area contributed by atoms with Crippen molar-refractivity contribution < 1.29 is 17.9 Å². The maximum Gasteiger partial charge on any atom is 0.251 e. The minimum atomic E-state index is -3.81. The zero-order valence-corrected chi connectivity index (χ0v) is 19.0. The summed E-state index contributed by atoms with van der Waals surface area (Å²) in [4.78, 5) is 14.0. The van der Waals surface area contributed by atoms with Crippen LogP contribution in [0.3, 0.4) is 0 Å². The second kappa shape index (κ2) is 8.73. The summed E-state index contributed by atoms with van der Waals surface area (Å²) in [6, 6.07) is 8.09. The van der Waals surface area contributed by atoms with Crippen LogP contribution in [0, 0.1) is 5.41 Å². The molecule has 6 nitrogen and oxygen atoms in total. The largest absolute Gasteiger partial charge is 0.379 e. The lowest BCUT2D eigenvalue weighted by molar-refractivity contribution is 0.0730. The number of hydrogen-bond acceptors (Lipinski definition) is 5. The quantitative estimate of drug-likeness (QED) is 0.739. The van der Waals surface area contributed by atoms with Crippen LogP contribution in [0.4, 0.5) is 0 Å². The number of nitrogens with zero attached hydrogens (tertiary/aromatic N) is 1. The lowest BCUT2D eigenvalue weighted by atomic mass is 9.85. The molecule has 1 atom stereocenters. The van der Waals surface area contributed by atoms with Crippen LogP contribution in [0.25, 0.3) is 0 Å². The molecule has 1 aliphatic heterocycles. The zero-order valence-electron chi connectivity index (χ0n) is 16.6. The number of benzene rings is 1. The highest BCUT2D eigenvalue weighted by Gasteiger charge is 2.31. The summed E-state index contributed by atoms with van der Waals surface area (Å²) in [5, 5.41) is 5.12. The molecule has 1 N–H and O–H groups in total. The second-order valence-corrected chi connectivity index (χ2v) is 11.2. The van der Waals surface area contributed by atoms with Crippen molar-refractivity contribution in [3.05, 3.63) is 51.2 Å². The van der Waals surface area contributed by atoms with E-state index in [-0.39, 0.29) is 45.9 Å². The van der Waals surface area contributed by atoms with Gasteiger partial charge < -0.3 is 10.1 Å². The molecule has 0 spiro atoms. The normalized spacial score (nSPS) is 17.1. The molecule has 1 saturated heterocycles. The molecular formula is C20H25ClN2O4S2. The number of ether oxygens (including phenoxy) is 1. The Morgan fingerprint density at radius 3 is 2.52 bits per heavy atom. The van der Waals surface area contributed by atoms with Gasteiger partial charge in [0.15, 0.2) is 0 Å². The topological polar surface area (TPSA) is 75.7 Å². The van der Waals surface area contributed by atoms with E-state index in [0.29, 0.717) is 13.2 Å². The van der Waals surface area contributed by atoms with E-state index in [1.807, 2.05) is 38.3 Å². The Hall–Kier alpha value is -1.45. The highest BCUT2D eigenvalue weighted by molar-refractivity contribution is 7.89. The van der Waals surface area contributed by atoms with Crippen LogP contribution in [0.15, 0.2) is 40.6 Å². The molecule has 2 heterocycles. The van der Waals surface area contributed by atoms with Crippen molar-refractivity contribution in [2.45, 2.75) is 31.7 Å². The monoisotopic (exact) mass is 456 g/mol. The van der Waals surface area contributed by atoms with Gasteiger partial charge in [-0.2, -0.15) is 4.31 Å². The Morgan fingerprint density at radius 2 is 1.93 bits per heavy atom. The highest BCUT2D eigenvalue weighted by atomic mass is 35.5. The molecule has 2 aromatic rings. The molecule has 1 fully saturated rings. The number of thiophene rings is 1. The van der Waals surface area contributed by atoms with Gasteiger partial charge in [0.2, 0.25) is 10.0 Å². The van der Waals surface area contributed by atoms with Crippen LogP contribution in [0.5, 0.6) is 0 Å². The molecule has 1 aromatic heterocycles. The van der Waals surface area contributed by atoms with Crippen LogP contribution in [0.1, 0.15) is 42.0 Å². The van der Waals surface area contributed by atoms with Gasteiger partial charge in [0.25, 0.3) is 5.91 Å². The molecule has 0 aliphatic carbocycles. The number of hydrogen-bond donors (Lipinski definition) is 1. The van der Waals surface area contributed by atoms with Crippen molar-refractivity contribution in [2.75, 3.05) is 26.3 Å². The predicted octanol–water partition coefficient (Wildman–Crippen LogP) is 3.94. The molecule has 9 heteroatoms. The molecule has 1 aliphatic rings. The zero-order chi connectivity index (χ0) is 21.2. The van der Waals surface area contributed by atoms with Gasteiger partial charge in [-0.15, -0.1) is 11.3 Å². The Kier molecular flexibility index (Phi) is 6.70. The molecule has 0 saturated carbocycles. The summed E-state index contributed by atoms with van der Waals surface area (Å²) in [5.74, 6) is -0.339. The number of morpholine rings is 1. The smallest absolute Gasteiger partial charge is 0.251 e. The maximum atomic E-state index is 13.0. The van der Waals surface area contributed by atoms with Crippen LogP contribution < -0.4 is 5.32 Å². The lowest BCUT2D eigenvalue weighted by Crippen LogP contribution is -2.41. The average molecular weight is 457 g/mol. The molecule has 29 heavy (non-hydrogen) atoms. The van der Waals surface area contributed by atoms with Crippen LogP contribution in [-0.2, 0) is 14.8 Å². The van der Waals surface area contributed by atoms with Gasteiger partial charge in [-0.3, -0.25) is 4.79 Å². The van der Waals surface area contributed by atoms with Gasteiger partial charge in [0.1, 0.15) is 4.90 Å². The van der Waals surface area contributed by atoms with Gasteiger partial charge in [-0.25, -0.2) is 8.42 Å². The summed E-state index contributed by atoms with van der Waals surface area (Å²) < 4.78 is 32.6. The Balaban J connectivity index is 1.89. The second-order valence-electron chi connectivity index (χ2n) is 7.95. The third-order valence-electron chi connectivity index (χ3n) is 4.75.